The summed E-state index contributed by atoms with van der Waals surface area (Å²) >= 11 is 6.92. The van der Waals surface area contributed by atoms with Crippen LogP contribution in [0.1, 0.15) is 0 Å². The van der Waals surface area contributed by atoms with Gasteiger partial charge in [-0.3, -0.25) is 0 Å². The van der Waals surface area contributed by atoms with E-state index in [-0.39, 0.29) is 5.75 Å². The number of alkyl halides is 2. The summed E-state index contributed by atoms with van der Waals surface area (Å²) in [4.78, 5) is 4.01. The van der Waals surface area contributed by atoms with Crippen molar-refractivity contribution in [1.29, 1.82) is 0 Å². The largest absolute Gasteiger partial charge is 0.434 e. The van der Waals surface area contributed by atoms with E-state index in [1.807, 2.05) is 0 Å². The van der Waals surface area contributed by atoms with Crippen molar-refractivity contribution in [1.82, 2.24) is 4.98 Å². The van der Waals surface area contributed by atoms with E-state index in [0.29, 0.717) is 15.7 Å². The van der Waals surface area contributed by atoms with Crippen LogP contribution in [-0.2, 0) is 0 Å². The van der Waals surface area contributed by atoms with Crippen molar-refractivity contribution in [2.75, 3.05) is 0 Å². The number of para-hydroxylation sites is 1. The maximum atomic E-state index is 12.2. The number of rotatable bonds is 3. The zero-order valence-corrected chi connectivity index (χ0v) is 9.43. The third-order valence-electron chi connectivity index (χ3n) is 1.86. The van der Waals surface area contributed by atoms with E-state index >= 15 is 0 Å². The second-order valence-electron chi connectivity index (χ2n) is 2.86. The van der Waals surface area contributed by atoms with Gasteiger partial charge in [0.25, 0.3) is 0 Å². The maximum absolute atomic E-state index is 12.2. The summed E-state index contributed by atoms with van der Waals surface area (Å²) in [5, 5.41) is 1.69. The Morgan fingerprint density at radius 2 is 2.06 bits per heavy atom. The topological polar surface area (TPSA) is 22.1 Å². The van der Waals surface area contributed by atoms with Crippen molar-refractivity contribution in [2.24, 2.45) is 0 Å². The van der Waals surface area contributed by atoms with Crippen LogP contribution in [0.4, 0.5) is 8.78 Å². The standard InChI is InChI=1S/C10H6ClF2NOS/c11-9-14-7(5-16-9)6-3-1-2-4-8(6)15-10(12)13/h1-5,10H. The van der Waals surface area contributed by atoms with Crippen LogP contribution in [0.15, 0.2) is 29.6 Å². The third-order valence-corrected chi connectivity index (χ3v) is 2.83. The molecule has 2 rings (SSSR count). The van der Waals surface area contributed by atoms with Crippen LogP contribution in [0.2, 0.25) is 4.47 Å². The minimum atomic E-state index is -2.85. The average molecular weight is 262 g/mol. The summed E-state index contributed by atoms with van der Waals surface area (Å²) < 4.78 is 29.1. The molecule has 1 heterocycles. The second-order valence-corrected chi connectivity index (χ2v) is 4.30. The van der Waals surface area contributed by atoms with E-state index in [0.717, 1.165) is 0 Å². The summed E-state index contributed by atoms with van der Waals surface area (Å²) in [6, 6.07) is 6.47. The lowest BCUT2D eigenvalue weighted by Gasteiger charge is -2.08. The van der Waals surface area contributed by atoms with Crippen molar-refractivity contribution >= 4 is 22.9 Å². The first kappa shape index (κ1) is 11.3. The van der Waals surface area contributed by atoms with Crippen molar-refractivity contribution < 1.29 is 13.5 Å². The van der Waals surface area contributed by atoms with Crippen LogP contribution in [0, 0.1) is 0 Å². The van der Waals surface area contributed by atoms with Crippen LogP contribution >= 0.6 is 22.9 Å². The van der Waals surface area contributed by atoms with Crippen LogP contribution in [0.5, 0.6) is 5.75 Å². The molecule has 0 fully saturated rings. The van der Waals surface area contributed by atoms with Gasteiger partial charge in [-0.25, -0.2) is 4.98 Å². The molecule has 0 radical (unpaired) electrons. The first-order chi connectivity index (χ1) is 7.66. The molecular formula is C10H6ClF2NOS. The maximum Gasteiger partial charge on any atom is 0.387 e. The molecule has 0 saturated heterocycles. The fourth-order valence-electron chi connectivity index (χ4n) is 1.25. The molecule has 84 valence electrons. The molecule has 1 aromatic carbocycles. The molecule has 0 N–H and O–H groups in total. The Bertz CT molecular complexity index is 489. The van der Waals surface area contributed by atoms with E-state index in [4.69, 9.17) is 11.6 Å². The minimum absolute atomic E-state index is 0.0967. The minimum Gasteiger partial charge on any atom is -0.434 e. The van der Waals surface area contributed by atoms with Crippen molar-refractivity contribution in [3.63, 3.8) is 0 Å². The van der Waals surface area contributed by atoms with Crippen molar-refractivity contribution in [2.45, 2.75) is 6.61 Å². The Morgan fingerprint density at radius 1 is 1.31 bits per heavy atom. The molecule has 0 amide bonds. The molecule has 2 aromatic rings. The molecule has 0 spiro atoms. The van der Waals surface area contributed by atoms with Gasteiger partial charge in [-0.1, -0.05) is 23.7 Å². The molecule has 16 heavy (non-hydrogen) atoms. The number of thiazole rings is 1. The van der Waals surface area contributed by atoms with Gasteiger partial charge >= 0.3 is 6.61 Å². The number of benzene rings is 1. The lowest BCUT2D eigenvalue weighted by atomic mass is 10.1. The lowest BCUT2D eigenvalue weighted by molar-refractivity contribution is -0.0494. The molecule has 0 aliphatic carbocycles. The van der Waals surface area contributed by atoms with Crippen molar-refractivity contribution in [3.05, 3.63) is 34.1 Å². The first-order valence-electron chi connectivity index (χ1n) is 4.32. The monoisotopic (exact) mass is 261 g/mol. The summed E-state index contributed by atoms with van der Waals surface area (Å²) in [5.41, 5.74) is 1.04. The number of hydrogen-bond donors (Lipinski definition) is 0. The Labute approximate surface area is 99.5 Å². The summed E-state index contributed by atoms with van der Waals surface area (Å²) in [6.07, 6.45) is 0. The molecule has 0 unspecified atom stereocenters. The Balaban J connectivity index is 2.40. The van der Waals surface area contributed by atoms with Gasteiger partial charge < -0.3 is 4.74 Å². The molecule has 0 aliphatic rings. The van der Waals surface area contributed by atoms with Crippen LogP contribution in [0.3, 0.4) is 0 Å². The van der Waals surface area contributed by atoms with Gasteiger partial charge in [-0.15, -0.1) is 11.3 Å². The van der Waals surface area contributed by atoms with Crippen LogP contribution in [0.25, 0.3) is 11.3 Å². The fourth-order valence-corrected chi connectivity index (χ4v) is 2.02. The Kier molecular flexibility index (Phi) is 3.36. The number of nitrogens with zero attached hydrogens (tertiary/aromatic N) is 1. The van der Waals surface area contributed by atoms with Gasteiger partial charge in [0.2, 0.25) is 0 Å². The number of aromatic nitrogens is 1. The van der Waals surface area contributed by atoms with Gasteiger partial charge in [0.15, 0.2) is 4.47 Å². The van der Waals surface area contributed by atoms with Gasteiger partial charge in [0.05, 0.1) is 5.69 Å². The van der Waals surface area contributed by atoms with E-state index < -0.39 is 6.61 Å². The van der Waals surface area contributed by atoms with Gasteiger partial charge in [0.1, 0.15) is 5.75 Å². The summed E-state index contributed by atoms with van der Waals surface area (Å²) in [7, 11) is 0. The second kappa shape index (κ2) is 4.76. The summed E-state index contributed by atoms with van der Waals surface area (Å²) in [6.45, 7) is -2.85. The lowest BCUT2D eigenvalue weighted by Crippen LogP contribution is -2.02. The fraction of sp³-hybridized carbons (Fsp3) is 0.100. The highest BCUT2D eigenvalue weighted by Crippen LogP contribution is 2.32. The highest BCUT2D eigenvalue weighted by atomic mass is 35.5. The number of halogens is 3. The Hall–Kier alpha value is -1.20. The first-order valence-corrected chi connectivity index (χ1v) is 5.58. The van der Waals surface area contributed by atoms with E-state index in [1.165, 1.54) is 17.4 Å². The zero-order chi connectivity index (χ0) is 11.5. The molecule has 0 atom stereocenters. The highest BCUT2D eigenvalue weighted by molar-refractivity contribution is 7.14. The van der Waals surface area contributed by atoms with Gasteiger partial charge in [0, 0.05) is 10.9 Å². The average Bonchev–Trinajstić information content (AvgIpc) is 2.65. The van der Waals surface area contributed by atoms with Gasteiger partial charge in [-0.05, 0) is 12.1 Å². The highest BCUT2D eigenvalue weighted by Gasteiger charge is 2.12. The normalized spacial score (nSPS) is 10.8. The van der Waals surface area contributed by atoms with E-state index in [9.17, 15) is 8.78 Å². The zero-order valence-electron chi connectivity index (χ0n) is 7.86. The molecule has 0 aliphatic heterocycles. The Morgan fingerprint density at radius 3 is 2.69 bits per heavy atom. The number of hydrogen-bond acceptors (Lipinski definition) is 3. The molecule has 1 aromatic heterocycles. The van der Waals surface area contributed by atoms with Crippen LogP contribution < -0.4 is 4.74 Å². The molecule has 6 heteroatoms. The SMILES string of the molecule is FC(F)Oc1ccccc1-c1csc(Cl)n1. The van der Waals surface area contributed by atoms with Crippen LogP contribution in [-0.4, -0.2) is 11.6 Å². The molecule has 0 saturated carbocycles. The van der Waals surface area contributed by atoms with E-state index in [1.54, 1.807) is 23.6 Å². The third kappa shape index (κ3) is 2.48. The molecule has 2 nitrogen and oxygen atoms in total. The van der Waals surface area contributed by atoms with Crippen molar-refractivity contribution in [3.8, 4) is 17.0 Å². The smallest absolute Gasteiger partial charge is 0.387 e. The quantitative estimate of drug-likeness (QED) is 0.831. The molecular weight excluding hydrogens is 256 g/mol. The predicted octanol–water partition coefficient (Wildman–Crippen LogP) is 4.06. The molecule has 0 bridgehead atoms. The number of ether oxygens (including phenoxy) is 1. The predicted molar refractivity (Wildman–Crippen MR) is 59.2 cm³/mol. The van der Waals surface area contributed by atoms with E-state index in [2.05, 4.69) is 9.72 Å². The summed E-state index contributed by atoms with van der Waals surface area (Å²) in [5.74, 6) is 0.0967. The van der Waals surface area contributed by atoms with Gasteiger partial charge in [-0.2, -0.15) is 8.78 Å².